The molecule has 0 saturated heterocycles. The van der Waals surface area contributed by atoms with Crippen LogP contribution >= 0.6 is 0 Å². The average molecular weight is 291 g/mol. The van der Waals surface area contributed by atoms with Crippen LogP contribution in [0.3, 0.4) is 0 Å². The minimum Gasteiger partial charge on any atom is -0.263 e. The summed E-state index contributed by atoms with van der Waals surface area (Å²) in [5.74, 6) is -0.781. The number of anilines is 1. The number of nitrogens with one attached hydrogen (secondary N) is 1. The largest absolute Gasteiger partial charge is 0.264 e. The Bertz CT molecular complexity index is 780. The van der Waals surface area contributed by atoms with E-state index in [0.717, 1.165) is 17.7 Å². The van der Waals surface area contributed by atoms with E-state index in [4.69, 9.17) is 5.26 Å². The van der Waals surface area contributed by atoms with Crippen LogP contribution in [0.15, 0.2) is 41.4 Å². The molecule has 2 aromatic rings. The zero-order valence-corrected chi connectivity index (χ0v) is 11.3. The van der Waals surface area contributed by atoms with Crippen LogP contribution in [0.4, 0.5) is 10.2 Å². The number of pyridine rings is 1. The number of benzene rings is 1. The molecular formula is C13H10FN3O2S. The predicted molar refractivity (Wildman–Crippen MR) is 70.9 cm³/mol. The minimum atomic E-state index is -4.07. The molecule has 0 fully saturated rings. The van der Waals surface area contributed by atoms with E-state index in [0.29, 0.717) is 0 Å². The fourth-order valence-electron chi connectivity index (χ4n) is 1.56. The summed E-state index contributed by atoms with van der Waals surface area (Å²) in [7, 11) is -4.07. The van der Waals surface area contributed by atoms with Crippen molar-refractivity contribution in [2.45, 2.75) is 11.8 Å². The number of halogens is 1. The molecule has 0 unspecified atom stereocenters. The molecule has 0 amide bonds. The Morgan fingerprint density at radius 2 is 2.05 bits per heavy atom. The van der Waals surface area contributed by atoms with Gasteiger partial charge in [0.25, 0.3) is 10.0 Å². The van der Waals surface area contributed by atoms with Gasteiger partial charge in [-0.15, -0.1) is 0 Å². The zero-order valence-electron chi connectivity index (χ0n) is 10.5. The molecule has 0 aliphatic carbocycles. The molecular weight excluding hydrogens is 281 g/mol. The highest BCUT2D eigenvalue weighted by atomic mass is 32.2. The van der Waals surface area contributed by atoms with Crippen LogP contribution < -0.4 is 4.72 Å². The van der Waals surface area contributed by atoms with Crippen molar-refractivity contribution in [3.05, 3.63) is 53.5 Å². The smallest absolute Gasteiger partial charge is 0.263 e. The average Bonchev–Trinajstić information content (AvgIpc) is 2.41. The number of rotatable bonds is 3. The van der Waals surface area contributed by atoms with Gasteiger partial charge >= 0.3 is 0 Å². The zero-order chi connectivity index (χ0) is 14.8. The molecule has 102 valence electrons. The van der Waals surface area contributed by atoms with Crippen molar-refractivity contribution >= 4 is 15.8 Å². The molecule has 1 aromatic heterocycles. The molecule has 20 heavy (non-hydrogen) atoms. The summed E-state index contributed by atoms with van der Waals surface area (Å²) in [5, 5.41) is 8.87. The van der Waals surface area contributed by atoms with Crippen LogP contribution in [0.1, 0.15) is 11.1 Å². The highest BCUT2D eigenvalue weighted by Gasteiger charge is 2.21. The first kappa shape index (κ1) is 14.0. The fourth-order valence-corrected chi connectivity index (χ4v) is 2.73. The van der Waals surface area contributed by atoms with Crippen molar-refractivity contribution in [2.24, 2.45) is 0 Å². The highest BCUT2D eigenvalue weighted by Crippen LogP contribution is 2.20. The standard InChI is InChI=1S/C13H10FN3O2S/c1-9-5-6-13(16-8-9)17-20(18,19)12-4-2-3-11(14)10(12)7-15/h2-6,8H,1H3,(H,16,17). The minimum absolute atomic E-state index is 0.101. The molecule has 0 radical (unpaired) electrons. The van der Waals surface area contributed by atoms with E-state index in [1.807, 2.05) is 6.92 Å². The van der Waals surface area contributed by atoms with Gasteiger partial charge < -0.3 is 0 Å². The lowest BCUT2D eigenvalue weighted by atomic mass is 10.2. The van der Waals surface area contributed by atoms with E-state index in [2.05, 4.69) is 9.71 Å². The van der Waals surface area contributed by atoms with Crippen molar-refractivity contribution < 1.29 is 12.8 Å². The van der Waals surface area contributed by atoms with Gasteiger partial charge in [-0.2, -0.15) is 5.26 Å². The van der Waals surface area contributed by atoms with Gasteiger partial charge in [-0.05, 0) is 30.7 Å². The summed E-state index contributed by atoms with van der Waals surface area (Å²) < 4.78 is 39.9. The second-order valence-electron chi connectivity index (χ2n) is 4.05. The summed E-state index contributed by atoms with van der Waals surface area (Å²) in [4.78, 5) is 3.49. The lowest BCUT2D eigenvalue weighted by molar-refractivity contribution is 0.593. The van der Waals surface area contributed by atoms with Crippen LogP contribution in [-0.4, -0.2) is 13.4 Å². The Morgan fingerprint density at radius 1 is 1.30 bits per heavy atom. The molecule has 0 aliphatic heterocycles. The number of hydrogen-bond acceptors (Lipinski definition) is 4. The topological polar surface area (TPSA) is 82.9 Å². The lowest BCUT2D eigenvalue weighted by Gasteiger charge is -2.09. The molecule has 0 atom stereocenters. The van der Waals surface area contributed by atoms with Crippen LogP contribution in [0.25, 0.3) is 0 Å². The van der Waals surface area contributed by atoms with E-state index < -0.39 is 26.3 Å². The Morgan fingerprint density at radius 3 is 2.65 bits per heavy atom. The quantitative estimate of drug-likeness (QED) is 0.939. The Kier molecular flexibility index (Phi) is 3.68. The molecule has 2 rings (SSSR count). The van der Waals surface area contributed by atoms with Gasteiger partial charge in [-0.25, -0.2) is 17.8 Å². The molecule has 0 saturated carbocycles. The first-order valence-corrected chi connectivity index (χ1v) is 7.06. The molecule has 1 N–H and O–H groups in total. The Hall–Kier alpha value is -2.46. The third-order valence-electron chi connectivity index (χ3n) is 2.53. The molecule has 1 heterocycles. The lowest BCUT2D eigenvalue weighted by Crippen LogP contribution is -2.15. The van der Waals surface area contributed by atoms with Crippen LogP contribution in [0.2, 0.25) is 0 Å². The van der Waals surface area contributed by atoms with Crippen molar-refractivity contribution in [2.75, 3.05) is 4.72 Å². The van der Waals surface area contributed by atoms with E-state index >= 15 is 0 Å². The van der Waals surface area contributed by atoms with Gasteiger partial charge in [0.1, 0.15) is 28.2 Å². The normalized spacial score (nSPS) is 10.8. The van der Waals surface area contributed by atoms with Crippen molar-refractivity contribution in [3.63, 3.8) is 0 Å². The number of aromatic nitrogens is 1. The second-order valence-corrected chi connectivity index (χ2v) is 5.70. The van der Waals surface area contributed by atoms with Crippen molar-refractivity contribution in [1.82, 2.24) is 4.98 Å². The van der Waals surface area contributed by atoms with Gasteiger partial charge in [0, 0.05) is 6.20 Å². The number of nitriles is 1. The monoisotopic (exact) mass is 291 g/mol. The summed E-state index contributed by atoms with van der Waals surface area (Å²) in [6, 6.07) is 8.14. The number of hydrogen-bond donors (Lipinski definition) is 1. The maximum absolute atomic E-state index is 13.4. The first-order valence-electron chi connectivity index (χ1n) is 5.58. The highest BCUT2D eigenvalue weighted by molar-refractivity contribution is 7.92. The first-order chi connectivity index (χ1) is 9.44. The van der Waals surface area contributed by atoms with Gasteiger partial charge in [0.2, 0.25) is 0 Å². The van der Waals surface area contributed by atoms with Gasteiger partial charge in [-0.1, -0.05) is 12.1 Å². The number of nitrogens with zero attached hydrogens (tertiary/aromatic N) is 2. The van der Waals surface area contributed by atoms with E-state index in [-0.39, 0.29) is 5.82 Å². The molecule has 0 spiro atoms. The summed E-state index contributed by atoms with van der Waals surface area (Å²) in [5.41, 5.74) is 0.350. The summed E-state index contributed by atoms with van der Waals surface area (Å²) in [6.45, 7) is 1.81. The van der Waals surface area contributed by atoms with E-state index in [1.165, 1.54) is 18.3 Å². The van der Waals surface area contributed by atoms with Gasteiger partial charge in [0.15, 0.2) is 0 Å². The second kappa shape index (κ2) is 5.27. The van der Waals surface area contributed by atoms with Gasteiger partial charge in [-0.3, -0.25) is 4.72 Å². The molecule has 1 aromatic carbocycles. The van der Waals surface area contributed by atoms with E-state index in [9.17, 15) is 12.8 Å². The molecule has 5 nitrogen and oxygen atoms in total. The maximum Gasteiger partial charge on any atom is 0.264 e. The number of sulfonamides is 1. The van der Waals surface area contributed by atoms with Crippen LogP contribution in [0.5, 0.6) is 0 Å². The SMILES string of the molecule is Cc1ccc(NS(=O)(=O)c2cccc(F)c2C#N)nc1. The van der Waals surface area contributed by atoms with Crippen LogP contribution in [-0.2, 0) is 10.0 Å². The Balaban J connectivity index is 2.44. The van der Waals surface area contributed by atoms with Crippen molar-refractivity contribution in [3.8, 4) is 6.07 Å². The van der Waals surface area contributed by atoms with E-state index in [1.54, 1.807) is 12.1 Å². The van der Waals surface area contributed by atoms with Crippen molar-refractivity contribution in [1.29, 1.82) is 5.26 Å². The fraction of sp³-hybridized carbons (Fsp3) is 0.0769. The summed E-state index contributed by atoms with van der Waals surface area (Å²) >= 11 is 0. The summed E-state index contributed by atoms with van der Waals surface area (Å²) in [6.07, 6.45) is 1.49. The molecule has 7 heteroatoms. The van der Waals surface area contributed by atoms with Gasteiger partial charge in [0.05, 0.1) is 0 Å². The third-order valence-corrected chi connectivity index (χ3v) is 3.92. The number of aryl methyl sites for hydroxylation is 1. The molecule has 0 bridgehead atoms. The Labute approximate surface area is 115 Å². The predicted octanol–water partition coefficient (Wildman–Crippen LogP) is 2.20. The molecule has 0 aliphatic rings. The maximum atomic E-state index is 13.4. The van der Waals surface area contributed by atoms with Crippen LogP contribution in [0, 0.1) is 24.1 Å². The third kappa shape index (κ3) is 2.75.